The number of nitrogens with one attached hydrogen (secondary N) is 1. The molecule has 3 aromatic rings. The first-order valence-corrected chi connectivity index (χ1v) is 10.6. The van der Waals surface area contributed by atoms with Gasteiger partial charge in [0, 0.05) is 62.3 Å². The molecule has 0 saturated carbocycles. The van der Waals surface area contributed by atoms with Gasteiger partial charge in [-0.05, 0) is 31.2 Å². The van der Waals surface area contributed by atoms with Gasteiger partial charge in [-0.15, -0.1) is 0 Å². The molecule has 4 rings (SSSR count). The van der Waals surface area contributed by atoms with Gasteiger partial charge >= 0.3 is 0 Å². The molecule has 0 atom stereocenters. The van der Waals surface area contributed by atoms with Crippen molar-refractivity contribution < 1.29 is 9.59 Å². The molecule has 2 heterocycles. The normalized spacial score (nSPS) is 14.2. The maximum absolute atomic E-state index is 12.7. The molecule has 6 heteroatoms. The minimum atomic E-state index is -0.130. The maximum atomic E-state index is 12.7. The van der Waals surface area contributed by atoms with Crippen LogP contribution < -0.4 is 10.2 Å². The molecular formula is C24H28N4O2. The third kappa shape index (κ3) is 4.17. The second-order valence-corrected chi connectivity index (χ2v) is 7.54. The number of amides is 2. The summed E-state index contributed by atoms with van der Waals surface area (Å²) in [6, 6.07) is 20.2. The molecule has 1 aliphatic heterocycles. The number of aromatic nitrogens is 1. The number of para-hydroxylation sites is 2. The first-order chi connectivity index (χ1) is 14.7. The van der Waals surface area contributed by atoms with Gasteiger partial charge < -0.3 is 19.7 Å². The summed E-state index contributed by atoms with van der Waals surface area (Å²) in [4.78, 5) is 29.5. The Morgan fingerprint density at radius 2 is 1.63 bits per heavy atom. The summed E-state index contributed by atoms with van der Waals surface area (Å²) in [5, 5.41) is 3.97. The zero-order valence-corrected chi connectivity index (χ0v) is 17.4. The summed E-state index contributed by atoms with van der Waals surface area (Å²) >= 11 is 0. The van der Waals surface area contributed by atoms with Crippen LogP contribution >= 0.6 is 0 Å². The number of anilines is 1. The van der Waals surface area contributed by atoms with Gasteiger partial charge in [0.1, 0.15) is 5.69 Å². The van der Waals surface area contributed by atoms with Crippen LogP contribution in [0.25, 0.3) is 10.9 Å². The number of hydrogen-bond donors (Lipinski definition) is 1. The zero-order valence-electron chi connectivity index (χ0n) is 17.4. The summed E-state index contributed by atoms with van der Waals surface area (Å²) in [6.45, 7) is 6.19. The Hall–Kier alpha value is -3.28. The lowest BCUT2D eigenvalue weighted by Crippen LogP contribution is -2.49. The lowest BCUT2D eigenvalue weighted by Gasteiger charge is -2.36. The van der Waals surface area contributed by atoms with Gasteiger partial charge in [0.2, 0.25) is 5.91 Å². The van der Waals surface area contributed by atoms with E-state index in [4.69, 9.17) is 0 Å². The molecule has 0 spiro atoms. The number of piperazine rings is 1. The molecule has 30 heavy (non-hydrogen) atoms. The molecule has 1 fully saturated rings. The van der Waals surface area contributed by atoms with Gasteiger partial charge in [0.05, 0.1) is 0 Å². The van der Waals surface area contributed by atoms with Crippen molar-refractivity contribution >= 4 is 28.4 Å². The molecule has 0 radical (unpaired) electrons. The van der Waals surface area contributed by atoms with Crippen molar-refractivity contribution in [2.75, 3.05) is 37.6 Å². The Balaban J connectivity index is 1.28. The van der Waals surface area contributed by atoms with E-state index in [2.05, 4.69) is 22.3 Å². The van der Waals surface area contributed by atoms with E-state index in [1.54, 1.807) is 0 Å². The number of aryl methyl sites for hydroxylation is 1. The van der Waals surface area contributed by atoms with Crippen LogP contribution in [0.15, 0.2) is 60.7 Å². The molecule has 0 unspecified atom stereocenters. The quantitative estimate of drug-likeness (QED) is 0.687. The first kappa shape index (κ1) is 20.0. The molecule has 1 saturated heterocycles. The topological polar surface area (TPSA) is 57.6 Å². The molecule has 2 amide bonds. The Labute approximate surface area is 177 Å². The average Bonchev–Trinajstić information content (AvgIpc) is 3.18. The number of rotatable bonds is 6. The van der Waals surface area contributed by atoms with Gasteiger partial charge in [0.25, 0.3) is 5.91 Å². The minimum Gasteiger partial charge on any atom is -0.368 e. The second kappa shape index (κ2) is 9.03. The summed E-state index contributed by atoms with van der Waals surface area (Å²) in [5.74, 6) is -0.0335. The van der Waals surface area contributed by atoms with Crippen molar-refractivity contribution in [2.24, 2.45) is 0 Å². The van der Waals surface area contributed by atoms with E-state index in [1.807, 2.05) is 64.9 Å². The maximum Gasteiger partial charge on any atom is 0.267 e. The SMILES string of the molecule is CCn1c(C(=O)NCCC(=O)N2CCN(c3ccccc3)CC2)cc2ccccc21. The standard InChI is InChI=1S/C24H28N4O2/c1-2-28-21-11-7-6-8-19(21)18-22(28)24(30)25-13-12-23(29)27-16-14-26(15-17-27)20-9-4-3-5-10-20/h3-11,18H,2,12-17H2,1H3,(H,25,30). The Morgan fingerprint density at radius 3 is 2.37 bits per heavy atom. The molecule has 1 N–H and O–H groups in total. The van der Waals surface area contributed by atoms with E-state index in [0.717, 1.165) is 30.5 Å². The molecule has 0 aliphatic carbocycles. The van der Waals surface area contributed by atoms with Crippen LogP contribution in [0, 0.1) is 0 Å². The van der Waals surface area contributed by atoms with E-state index in [-0.39, 0.29) is 11.8 Å². The minimum absolute atomic E-state index is 0.0963. The zero-order chi connectivity index (χ0) is 20.9. The van der Waals surface area contributed by atoms with Crippen LogP contribution in [0.5, 0.6) is 0 Å². The molecule has 2 aromatic carbocycles. The van der Waals surface area contributed by atoms with E-state index in [0.29, 0.717) is 31.7 Å². The average molecular weight is 405 g/mol. The van der Waals surface area contributed by atoms with Crippen LogP contribution in [-0.4, -0.2) is 54.0 Å². The van der Waals surface area contributed by atoms with Gasteiger partial charge in [-0.25, -0.2) is 0 Å². The van der Waals surface area contributed by atoms with Crippen LogP contribution in [0.3, 0.4) is 0 Å². The van der Waals surface area contributed by atoms with Gasteiger partial charge in [-0.2, -0.15) is 0 Å². The van der Waals surface area contributed by atoms with Crippen molar-refractivity contribution in [1.29, 1.82) is 0 Å². The monoisotopic (exact) mass is 404 g/mol. The summed E-state index contributed by atoms with van der Waals surface area (Å²) in [5.41, 5.74) is 2.89. The van der Waals surface area contributed by atoms with Gasteiger partial charge in [-0.1, -0.05) is 36.4 Å². The molecular weight excluding hydrogens is 376 g/mol. The fraction of sp³-hybridized carbons (Fsp3) is 0.333. The smallest absolute Gasteiger partial charge is 0.267 e. The van der Waals surface area contributed by atoms with Crippen molar-refractivity contribution in [3.63, 3.8) is 0 Å². The van der Waals surface area contributed by atoms with Crippen LogP contribution in [0.4, 0.5) is 5.69 Å². The lowest BCUT2D eigenvalue weighted by atomic mass is 10.2. The van der Waals surface area contributed by atoms with Crippen LogP contribution in [0.2, 0.25) is 0 Å². The molecule has 0 bridgehead atoms. The van der Waals surface area contributed by atoms with Gasteiger partial charge in [0.15, 0.2) is 0 Å². The summed E-state index contributed by atoms with van der Waals surface area (Å²) in [6.07, 6.45) is 0.323. The molecule has 156 valence electrons. The lowest BCUT2D eigenvalue weighted by molar-refractivity contribution is -0.131. The third-order valence-corrected chi connectivity index (χ3v) is 5.74. The third-order valence-electron chi connectivity index (χ3n) is 5.74. The first-order valence-electron chi connectivity index (χ1n) is 10.6. The predicted molar refractivity (Wildman–Crippen MR) is 120 cm³/mol. The van der Waals surface area contributed by atoms with Crippen molar-refractivity contribution in [1.82, 2.24) is 14.8 Å². The number of carbonyl (C=O) groups excluding carboxylic acids is 2. The Bertz CT molecular complexity index is 1020. The highest BCUT2D eigenvalue weighted by molar-refractivity contribution is 5.98. The Kier molecular flexibility index (Phi) is 6.02. The van der Waals surface area contributed by atoms with Crippen LogP contribution in [0.1, 0.15) is 23.8 Å². The highest BCUT2D eigenvalue weighted by Gasteiger charge is 2.21. The highest BCUT2D eigenvalue weighted by atomic mass is 16.2. The van der Waals surface area contributed by atoms with Crippen LogP contribution in [-0.2, 0) is 11.3 Å². The van der Waals surface area contributed by atoms with E-state index >= 15 is 0 Å². The van der Waals surface area contributed by atoms with Gasteiger partial charge in [-0.3, -0.25) is 9.59 Å². The number of benzene rings is 2. The number of hydrogen-bond acceptors (Lipinski definition) is 3. The largest absolute Gasteiger partial charge is 0.368 e. The number of fused-ring (bicyclic) bond motifs is 1. The molecule has 1 aromatic heterocycles. The number of carbonyl (C=O) groups is 2. The molecule has 1 aliphatic rings. The molecule has 6 nitrogen and oxygen atoms in total. The Morgan fingerprint density at radius 1 is 0.933 bits per heavy atom. The van der Waals surface area contributed by atoms with Crippen molar-refractivity contribution in [2.45, 2.75) is 19.9 Å². The van der Waals surface area contributed by atoms with E-state index < -0.39 is 0 Å². The summed E-state index contributed by atoms with van der Waals surface area (Å²) < 4.78 is 2.01. The van der Waals surface area contributed by atoms with Crippen molar-refractivity contribution in [3.8, 4) is 0 Å². The summed E-state index contributed by atoms with van der Waals surface area (Å²) in [7, 11) is 0. The fourth-order valence-electron chi connectivity index (χ4n) is 4.12. The highest BCUT2D eigenvalue weighted by Crippen LogP contribution is 2.20. The fourth-order valence-corrected chi connectivity index (χ4v) is 4.12. The number of nitrogens with zero attached hydrogens (tertiary/aromatic N) is 3. The van der Waals surface area contributed by atoms with E-state index in [9.17, 15) is 9.59 Å². The second-order valence-electron chi connectivity index (χ2n) is 7.54. The predicted octanol–water partition coefficient (Wildman–Crippen LogP) is 3.13. The van der Waals surface area contributed by atoms with Crippen molar-refractivity contribution in [3.05, 3.63) is 66.4 Å². The van der Waals surface area contributed by atoms with E-state index in [1.165, 1.54) is 5.69 Å².